The summed E-state index contributed by atoms with van der Waals surface area (Å²) in [5.74, 6) is -0.598. The summed E-state index contributed by atoms with van der Waals surface area (Å²) in [4.78, 5) is 11.4. The number of rotatable bonds is 2. The van der Waals surface area contributed by atoms with Gasteiger partial charge >= 0.3 is 5.97 Å². The summed E-state index contributed by atoms with van der Waals surface area (Å²) in [6, 6.07) is 6.26. The zero-order chi connectivity index (χ0) is 12.4. The van der Waals surface area contributed by atoms with Gasteiger partial charge in [-0.3, -0.25) is 0 Å². The zero-order valence-corrected chi connectivity index (χ0v) is 9.01. The summed E-state index contributed by atoms with van der Waals surface area (Å²) < 4.78 is 9.32. The van der Waals surface area contributed by atoms with Crippen molar-refractivity contribution in [2.24, 2.45) is 0 Å². The van der Waals surface area contributed by atoms with Gasteiger partial charge in [0.15, 0.2) is 0 Å². The molecule has 2 aromatic rings. The maximum atomic E-state index is 11.4. The van der Waals surface area contributed by atoms with Gasteiger partial charge in [-0.2, -0.15) is 0 Å². The van der Waals surface area contributed by atoms with Crippen molar-refractivity contribution >= 4 is 11.9 Å². The largest absolute Gasteiger partial charge is 0.508 e. The lowest BCUT2D eigenvalue weighted by molar-refractivity contribution is 0.0590. The van der Waals surface area contributed by atoms with E-state index in [9.17, 15) is 9.90 Å². The number of carbonyl (C=O) groups excluding carboxylic acids is 1. The minimum absolute atomic E-state index is 0.00370. The normalized spacial score (nSPS) is 10.2. The molecule has 6 nitrogen and oxygen atoms in total. The lowest BCUT2D eigenvalue weighted by Gasteiger charge is -2.01. The van der Waals surface area contributed by atoms with E-state index in [1.165, 1.54) is 19.2 Å². The van der Waals surface area contributed by atoms with Gasteiger partial charge in [0.1, 0.15) is 5.75 Å². The topological polar surface area (TPSA) is 98.6 Å². The average Bonchev–Trinajstić information content (AvgIpc) is 2.70. The molecule has 17 heavy (non-hydrogen) atoms. The van der Waals surface area contributed by atoms with Crippen LogP contribution in [0.25, 0.3) is 11.1 Å². The van der Waals surface area contributed by atoms with Crippen LogP contribution in [0.2, 0.25) is 0 Å². The summed E-state index contributed by atoms with van der Waals surface area (Å²) in [5.41, 5.74) is 6.42. The van der Waals surface area contributed by atoms with Crippen LogP contribution < -0.4 is 5.73 Å². The molecule has 1 heterocycles. The highest BCUT2D eigenvalue weighted by atomic mass is 16.5. The molecule has 0 aliphatic carbocycles. The number of nitrogens with two attached hydrogens (primary N) is 1. The number of hydrogen-bond donors (Lipinski definition) is 2. The van der Waals surface area contributed by atoms with Gasteiger partial charge < -0.3 is 20.1 Å². The van der Waals surface area contributed by atoms with Crippen molar-refractivity contribution in [3.63, 3.8) is 0 Å². The smallest absolute Gasteiger partial charge is 0.361 e. The van der Waals surface area contributed by atoms with E-state index in [1.54, 1.807) is 12.1 Å². The van der Waals surface area contributed by atoms with Gasteiger partial charge in [-0.1, -0.05) is 17.3 Å². The molecule has 0 amide bonds. The van der Waals surface area contributed by atoms with Gasteiger partial charge in [0, 0.05) is 0 Å². The Hall–Kier alpha value is -2.50. The maximum absolute atomic E-state index is 11.4. The molecule has 0 radical (unpaired) electrons. The number of hydrogen-bond acceptors (Lipinski definition) is 6. The number of esters is 1. The molecule has 0 aliphatic rings. The second kappa shape index (κ2) is 4.17. The van der Waals surface area contributed by atoms with E-state index >= 15 is 0 Å². The van der Waals surface area contributed by atoms with Crippen molar-refractivity contribution in [1.82, 2.24) is 5.16 Å². The second-order valence-electron chi connectivity index (χ2n) is 3.31. The summed E-state index contributed by atoms with van der Waals surface area (Å²) in [6.07, 6.45) is 0. The summed E-state index contributed by atoms with van der Waals surface area (Å²) >= 11 is 0. The van der Waals surface area contributed by atoms with E-state index in [-0.39, 0.29) is 17.3 Å². The Kier molecular flexibility index (Phi) is 2.70. The van der Waals surface area contributed by atoms with E-state index in [4.69, 9.17) is 10.3 Å². The molecule has 2 rings (SSSR count). The van der Waals surface area contributed by atoms with Crippen molar-refractivity contribution in [1.29, 1.82) is 0 Å². The van der Waals surface area contributed by atoms with Crippen LogP contribution in [-0.2, 0) is 4.74 Å². The number of carbonyl (C=O) groups is 1. The third-order valence-electron chi connectivity index (χ3n) is 2.23. The van der Waals surface area contributed by atoms with E-state index < -0.39 is 5.97 Å². The lowest BCUT2D eigenvalue weighted by atomic mass is 10.1. The van der Waals surface area contributed by atoms with Gasteiger partial charge in [0.25, 0.3) is 0 Å². The van der Waals surface area contributed by atoms with Crippen molar-refractivity contribution in [2.75, 3.05) is 12.8 Å². The fourth-order valence-electron chi connectivity index (χ4n) is 1.48. The predicted molar refractivity (Wildman–Crippen MR) is 59.4 cm³/mol. The van der Waals surface area contributed by atoms with Crippen LogP contribution in [0.5, 0.6) is 5.75 Å². The van der Waals surface area contributed by atoms with Crippen LogP contribution in [-0.4, -0.2) is 23.3 Å². The standard InChI is InChI=1S/C11H10N2O4/c1-16-11(15)9-8(10(12)17-13-9)6-3-2-4-7(14)5-6/h2-5,14H,12H2,1H3. The number of benzene rings is 1. The minimum atomic E-state index is -0.649. The lowest BCUT2D eigenvalue weighted by Crippen LogP contribution is -2.03. The van der Waals surface area contributed by atoms with Crippen LogP contribution in [0.1, 0.15) is 10.5 Å². The van der Waals surface area contributed by atoms with Crippen LogP contribution in [0.15, 0.2) is 28.8 Å². The van der Waals surface area contributed by atoms with Crippen LogP contribution >= 0.6 is 0 Å². The zero-order valence-electron chi connectivity index (χ0n) is 9.01. The molecule has 0 bridgehead atoms. The first-order valence-electron chi connectivity index (χ1n) is 4.76. The molecule has 0 saturated heterocycles. The molecule has 0 atom stereocenters. The molecular formula is C11H10N2O4. The molecule has 0 fully saturated rings. The Morgan fingerprint density at radius 2 is 2.29 bits per heavy atom. The number of aromatic nitrogens is 1. The minimum Gasteiger partial charge on any atom is -0.508 e. The number of nitrogen functional groups attached to an aromatic ring is 1. The Morgan fingerprint density at radius 3 is 2.94 bits per heavy atom. The second-order valence-corrected chi connectivity index (χ2v) is 3.31. The highest BCUT2D eigenvalue weighted by molar-refractivity contribution is 5.97. The Balaban J connectivity index is 2.58. The number of methoxy groups -OCH3 is 1. The number of ether oxygens (including phenoxy) is 1. The molecule has 0 unspecified atom stereocenters. The summed E-state index contributed by atoms with van der Waals surface area (Å²) in [6.45, 7) is 0. The molecule has 0 aliphatic heterocycles. The molecule has 3 N–H and O–H groups in total. The number of nitrogens with zero attached hydrogens (tertiary/aromatic N) is 1. The first kappa shape index (κ1) is 11.0. The molecule has 1 aromatic carbocycles. The molecule has 0 spiro atoms. The molecule has 6 heteroatoms. The summed E-state index contributed by atoms with van der Waals surface area (Å²) in [5, 5.41) is 12.9. The van der Waals surface area contributed by atoms with Crippen molar-refractivity contribution < 1.29 is 19.2 Å². The molecule has 0 saturated carbocycles. The van der Waals surface area contributed by atoms with Crippen LogP contribution in [0.4, 0.5) is 5.88 Å². The fourth-order valence-corrected chi connectivity index (χ4v) is 1.48. The maximum Gasteiger partial charge on any atom is 0.361 e. The van der Waals surface area contributed by atoms with Crippen molar-refractivity contribution in [3.05, 3.63) is 30.0 Å². The van der Waals surface area contributed by atoms with Gasteiger partial charge in [0.05, 0.1) is 12.7 Å². The first-order valence-corrected chi connectivity index (χ1v) is 4.76. The molecule has 1 aromatic heterocycles. The third kappa shape index (κ3) is 1.92. The van der Waals surface area contributed by atoms with Gasteiger partial charge in [-0.15, -0.1) is 0 Å². The SMILES string of the molecule is COC(=O)c1noc(N)c1-c1cccc(O)c1. The molecule has 88 valence electrons. The van der Waals surface area contributed by atoms with E-state index in [2.05, 4.69) is 9.89 Å². The number of phenols is 1. The van der Waals surface area contributed by atoms with E-state index in [1.807, 2.05) is 0 Å². The van der Waals surface area contributed by atoms with Gasteiger partial charge in [-0.05, 0) is 17.7 Å². The van der Waals surface area contributed by atoms with Crippen molar-refractivity contribution in [3.8, 4) is 16.9 Å². The average molecular weight is 234 g/mol. The monoisotopic (exact) mass is 234 g/mol. The number of aromatic hydroxyl groups is 1. The predicted octanol–water partition coefficient (Wildman–Crippen LogP) is 1.42. The Labute approximate surface area is 96.6 Å². The van der Waals surface area contributed by atoms with E-state index in [0.29, 0.717) is 11.1 Å². The van der Waals surface area contributed by atoms with Crippen LogP contribution in [0, 0.1) is 0 Å². The molecular weight excluding hydrogens is 224 g/mol. The van der Waals surface area contributed by atoms with Crippen molar-refractivity contribution in [2.45, 2.75) is 0 Å². The summed E-state index contributed by atoms with van der Waals surface area (Å²) in [7, 11) is 1.24. The van der Waals surface area contributed by atoms with E-state index in [0.717, 1.165) is 0 Å². The van der Waals surface area contributed by atoms with Gasteiger partial charge in [0.2, 0.25) is 11.6 Å². The Morgan fingerprint density at radius 1 is 1.53 bits per heavy atom. The number of anilines is 1. The van der Waals surface area contributed by atoms with Gasteiger partial charge in [-0.25, -0.2) is 4.79 Å². The van der Waals surface area contributed by atoms with Crippen LogP contribution in [0.3, 0.4) is 0 Å². The highest BCUT2D eigenvalue weighted by Gasteiger charge is 2.22. The Bertz CT molecular complexity index is 562. The number of phenolic OH excluding ortho intramolecular Hbond substituents is 1. The first-order chi connectivity index (χ1) is 8.13. The quantitative estimate of drug-likeness (QED) is 0.762. The fraction of sp³-hybridized carbons (Fsp3) is 0.0909. The third-order valence-corrected chi connectivity index (χ3v) is 2.23. The highest BCUT2D eigenvalue weighted by Crippen LogP contribution is 2.31.